The van der Waals surface area contributed by atoms with Gasteiger partial charge >= 0.3 is 0 Å². The maximum Gasteiger partial charge on any atom is 0.202 e. The maximum absolute atomic E-state index is 13.1. The Morgan fingerprint density at radius 1 is 0.846 bits per heavy atom. The van der Waals surface area contributed by atoms with Crippen molar-refractivity contribution in [3.8, 4) is 5.75 Å². The molecule has 3 aromatic rings. The largest absolute Gasteiger partial charge is 0.507 e. The Bertz CT molecular complexity index is 1000. The van der Waals surface area contributed by atoms with E-state index in [1.807, 2.05) is 18.2 Å². The fourth-order valence-corrected chi connectivity index (χ4v) is 2.81. The van der Waals surface area contributed by atoms with Crippen molar-refractivity contribution in [1.29, 1.82) is 0 Å². The molecule has 0 aliphatic rings. The number of allylic oxidation sites excluding steroid dienone is 1. The van der Waals surface area contributed by atoms with E-state index in [1.54, 1.807) is 67.5 Å². The summed E-state index contributed by atoms with van der Waals surface area (Å²) in [6.07, 6.45) is 1.49. The van der Waals surface area contributed by atoms with E-state index in [-0.39, 0.29) is 22.7 Å². The van der Waals surface area contributed by atoms with Crippen LogP contribution in [0.2, 0.25) is 0 Å². The lowest BCUT2D eigenvalue weighted by atomic mass is 9.94. The van der Waals surface area contributed by atoms with Crippen molar-refractivity contribution >= 4 is 22.3 Å². The third kappa shape index (κ3) is 3.35. The summed E-state index contributed by atoms with van der Waals surface area (Å²) in [6.45, 7) is 0. The van der Waals surface area contributed by atoms with Crippen LogP contribution in [0.5, 0.6) is 5.75 Å². The van der Waals surface area contributed by atoms with Gasteiger partial charge in [-0.2, -0.15) is 0 Å². The number of phenols is 1. The topological polar surface area (TPSA) is 57.6 Å². The number of carbonyl (C=O) groups is 2. The predicted molar refractivity (Wildman–Crippen MR) is 102 cm³/mol. The van der Waals surface area contributed by atoms with Gasteiger partial charge in [-0.15, -0.1) is 0 Å². The number of phenolic OH excluding ortho intramolecular Hbond substituents is 1. The van der Waals surface area contributed by atoms with Crippen molar-refractivity contribution in [2.75, 3.05) is 14.1 Å². The molecule has 0 radical (unpaired) electrons. The van der Waals surface area contributed by atoms with Gasteiger partial charge in [0.25, 0.3) is 0 Å². The second kappa shape index (κ2) is 7.23. The van der Waals surface area contributed by atoms with Gasteiger partial charge < -0.3 is 10.0 Å². The Kier molecular flexibility index (Phi) is 4.85. The highest BCUT2D eigenvalue weighted by Crippen LogP contribution is 2.30. The molecule has 0 saturated heterocycles. The number of nitrogens with zero attached hydrogens (tertiary/aromatic N) is 1. The van der Waals surface area contributed by atoms with Crippen LogP contribution in [0, 0.1) is 0 Å². The number of hydrogen-bond donors (Lipinski definition) is 1. The summed E-state index contributed by atoms with van der Waals surface area (Å²) in [4.78, 5) is 27.6. The van der Waals surface area contributed by atoms with E-state index in [2.05, 4.69) is 0 Å². The van der Waals surface area contributed by atoms with E-state index in [0.717, 1.165) is 5.39 Å². The molecule has 3 rings (SSSR count). The van der Waals surface area contributed by atoms with E-state index < -0.39 is 5.78 Å². The van der Waals surface area contributed by atoms with Gasteiger partial charge in [-0.05, 0) is 11.5 Å². The van der Waals surface area contributed by atoms with Gasteiger partial charge in [-0.25, -0.2) is 0 Å². The van der Waals surface area contributed by atoms with Crippen LogP contribution in [0.15, 0.2) is 78.5 Å². The third-order valence-corrected chi connectivity index (χ3v) is 4.06. The zero-order chi connectivity index (χ0) is 18.7. The SMILES string of the molecule is CN(C)C=C(C(=O)c1ccccc1)C(=O)c1ccc2ccccc2c1O. The Balaban J connectivity index is 2.10. The number of aromatic hydroxyl groups is 1. The smallest absolute Gasteiger partial charge is 0.202 e. The average molecular weight is 345 g/mol. The van der Waals surface area contributed by atoms with Crippen LogP contribution >= 0.6 is 0 Å². The van der Waals surface area contributed by atoms with Crippen LogP contribution < -0.4 is 0 Å². The van der Waals surface area contributed by atoms with E-state index in [9.17, 15) is 14.7 Å². The lowest BCUT2D eigenvalue weighted by Crippen LogP contribution is -2.17. The van der Waals surface area contributed by atoms with Crippen LogP contribution in [-0.2, 0) is 0 Å². The van der Waals surface area contributed by atoms with Gasteiger partial charge in [0.1, 0.15) is 5.75 Å². The number of benzene rings is 3. The minimum absolute atomic E-state index is 0.00628. The van der Waals surface area contributed by atoms with Crippen molar-refractivity contribution in [2.24, 2.45) is 0 Å². The normalized spacial score (nSPS) is 11.4. The van der Waals surface area contributed by atoms with Crippen molar-refractivity contribution in [3.63, 3.8) is 0 Å². The first kappa shape index (κ1) is 17.4. The second-order valence-corrected chi connectivity index (χ2v) is 6.21. The number of hydrogen-bond acceptors (Lipinski definition) is 4. The van der Waals surface area contributed by atoms with Crippen LogP contribution in [0.3, 0.4) is 0 Å². The molecule has 0 aromatic heterocycles. The molecule has 4 nitrogen and oxygen atoms in total. The molecule has 0 amide bonds. The minimum Gasteiger partial charge on any atom is -0.507 e. The van der Waals surface area contributed by atoms with Gasteiger partial charge in [0.2, 0.25) is 5.78 Å². The summed E-state index contributed by atoms with van der Waals surface area (Å²) < 4.78 is 0. The van der Waals surface area contributed by atoms with Crippen molar-refractivity contribution in [3.05, 3.63) is 89.6 Å². The third-order valence-electron chi connectivity index (χ3n) is 4.06. The average Bonchev–Trinajstić information content (AvgIpc) is 2.66. The Morgan fingerprint density at radius 2 is 1.50 bits per heavy atom. The van der Waals surface area contributed by atoms with E-state index in [4.69, 9.17) is 0 Å². The Hall–Kier alpha value is -3.40. The fourth-order valence-electron chi connectivity index (χ4n) is 2.81. The summed E-state index contributed by atoms with van der Waals surface area (Å²) >= 11 is 0. The second-order valence-electron chi connectivity index (χ2n) is 6.21. The number of Topliss-reactive ketones (excluding diaryl/α,β-unsaturated/α-hetero) is 2. The lowest BCUT2D eigenvalue weighted by molar-refractivity contribution is 0.0959. The summed E-state index contributed by atoms with van der Waals surface area (Å²) in [5.74, 6) is -0.994. The van der Waals surface area contributed by atoms with Crippen LogP contribution in [0.1, 0.15) is 20.7 Å². The Labute approximate surface area is 152 Å². The standard InChI is InChI=1S/C22H19NO3/c1-23(2)14-19(20(24)16-9-4-3-5-10-16)22(26)18-13-12-15-8-6-7-11-17(15)21(18)25/h3-14,25H,1-2H3. The first-order valence-electron chi connectivity index (χ1n) is 8.22. The van der Waals surface area contributed by atoms with Gasteiger partial charge in [0.05, 0.1) is 11.1 Å². The van der Waals surface area contributed by atoms with E-state index in [0.29, 0.717) is 10.9 Å². The molecule has 130 valence electrons. The van der Waals surface area contributed by atoms with Crippen LogP contribution in [0.4, 0.5) is 0 Å². The molecule has 0 spiro atoms. The highest BCUT2D eigenvalue weighted by molar-refractivity contribution is 6.32. The summed E-state index contributed by atoms with van der Waals surface area (Å²) in [5.41, 5.74) is 0.544. The molecule has 0 unspecified atom stereocenters. The molecule has 0 saturated carbocycles. The quantitative estimate of drug-likeness (QED) is 0.328. The van der Waals surface area contributed by atoms with Crippen LogP contribution in [0.25, 0.3) is 10.8 Å². The molecule has 1 N–H and O–H groups in total. The number of carbonyl (C=O) groups excluding carboxylic acids is 2. The van der Waals surface area contributed by atoms with Crippen molar-refractivity contribution in [1.82, 2.24) is 4.90 Å². The van der Waals surface area contributed by atoms with E-state index in [1.165, 1.54) is 6.20 Å². The van der Waals surface area contributed by atoms with Gasteiger partial charge in [-0.1, -0.05) is 60.7 Å². The zero-order valence-corrected chi connectivity index (χ0v) is 14.6. The first-order valence-corrected chi connectivity index (χ1v) is 8.22. The molecule has 26 heavy (non-hydrogen) atoms. The molecule has 0 fully saturated rings. The Morgan fingerprint density at radius 3 is 2.19 bits per heavy atom. The van der Waals surface area contributed by atoms with Gasteiger partial charge in [0.15, 0.2) is 5.78 Å². The minimum atomic E-state index is -0.504. The van der Waals surface area contributed by atoms with E-state index >= 15 is 0 Å². The lowest BCUT2D eigenvalue weighted by Gasteiger charge is -2.13. The summed E-state index contributed by atoms with van der Waals surface area (Å²) in [5, 5.41) is 12.0. The predicted octanol–water partition coefficient (Wildman–Crippen LogP) is 4.06. The van der Waals surface area contributed by atoms with Crippen molar-refractivity contribution in [2.45, 2.75) is 0 Å². The zero-order valence-electron chi connectivity index (χ0n) is 14.6. The molecule has 0 heterocycles. The molecular weight excluding hydrogens is 326 g/mol. The summed E-state index contributed by atoms with van der Waals surface area (Å²) in [6, 6.07) is 19.2. The molecule has 0 atom stereocenters. The summed E-state index contributed by atoms with van der Waals surface area (Å²) in [7, 11) is 3.48. The fraction of sp³-hybridized carbons (Fsp3) is 0.0909. The number of rotatable bonds is 5. The monoisotopic (exact) mass is 345 g/mol. The number of ketones is 2. The highest BCUT2D eigenvalue weighted by atomic mass is 16.3. The molecular formula is C22H19NO3. The van der Waals surface area contributed by atoms with Gasteiger partial charge in [0, 0.05) is 31.2 Å². The molecule has 0 aliphatic carbocycles. The van der Waals surface area contributed by atoms with Gasteiger partial charge in [-0.3, -0.25) is 9.59 Å². The number of fused-ring (bicyclic) bond motifs is 1. The first-order chi connectivity index (χ1) is 12.5. The molecule has 3 aromatic carbocycles. The molecule has 0 aliphatic heterocycles. The maximum atomic E-state index is 13.1. The van der Waals surface area contributed by atoms with Crippen LogP contribution in [-0.4, -0.2) is 35.7 Å². The molecule has 4 heteroatoms. The molecule has 0 bridgehead atoms. The van der Waals surface area contributed by atoms with Crippen molar-refractivity contribution < 1.29 is 14.7 Å². The highest BCUT2D eigenvalue weighted by Gasteiger charge is 2.24.